The van der Waals surface area contributed by atoms with Crippen molar-refractivity contribution in [3.63, 3.8) is 0 Å². The van der Waals surface area contributed by atoms with Gasteiger partial charge in [-0.3, -0.25) is 4.79 Å². The van der Waals surface area contributed by atoms with Crippen molar-refractivity contribution in [2.24, 2.45) is 0 Å². The molecular weight excluding hydrogens is 254 g/mol. The lowest BCUT2D eigenvalue weighted by Gasteiger charge is -2.32. The van der Waals surface area contributed by atoms with Gasteiger partial charge in [0.25, 0.3) is 0 Å². The van der Waals surface area contributed by atoms with Crippen LogP contribution in [0.5, 0.6) is 0 Å². The molecule has 3 heteroatoms. The summed E-state index contributed by atoms with van der Waals surface area (Å²) in [4.78, 5) is 13.7. The lowest BCUT2D eigenvalue weighted by molar-refractivity contribution is -0.133. The van der Waals surface area contributed by atoms with Gasteiger partial charge in [-0.1, -0.05) is 22.0 Å². The molecule has 0 fully saturated rings. The lowest BCUT2D eigenvalue weighted by atomic mass is 9.98. The fourth-order valence-corrected chi connectivity index (χ4v) is 2.33. The molecule has 0 saturated heterocycles. The summed E-state index contributed by atoms with van der Waals surface area (Å²) in [5, 5.41) is 0. The Bertz CT molecular complexity index is 401. The standard InChI is InChI=1S/C12H14BrNO/c1-8(2)14-7-9-3-4-11(13)5-10(9)6-12(14)15/h3-5,8H,6-7H2,1-2H3. The Morgan fingerprint density at radius 1 is 1.33 bits per heavy atom. The van der Waals surface area contributed by atoms with E-state index in [1.165, 1.54) is 5.56 Å². The van der Waals surface area contributed by atoms with E-state index in [2.05, 4.69) is 35.8 Å². The zero-order valence-electron chi connectivity index (χ0n) is 8.96. The summed E-state index contributed by atoms with van der Waals surface area (Å²) in [5.74, 6) is 0.232. The average molecular weight is 268 g/mol. The molecule has 1 aromatic carbocycles. The van der Waals surface area contributed by atoms with Crippen LogP contribution < -0.4 is 0 Å². The van der Waals surface area contributed by atoms with E-state index in [0.29, 0.717) is 6.42 Å². The number of amides is 1. The third kappa shape index (κ3) is 2.07. The van der Waals surface area contributed by atoms with Crippen molar-refractivity contribution in [3.05, 3.63) is 33.8 Å². The first-order valence-corrected chi connectivity index (χ1v) is 5.94. The molecule has 1 aromatic rings. The maximum Gasteiger partial charge on any atom is 0.227 e. The molecule has 0 spiro atoms. The third-order valence-electron chi connectivity index (χ3n) is 2.79. The number of hydrogen-bond acceptors (Lipinski definition) is 1. The minimum Gasteiger partial charge on any atom is -0.336 e. The number of carbonyl (C=O) groups is 1. The molecule has 0 saturated carbocycles. The second-order valence-corrected chi connectivity index (χ2v) is 5.12. The van der Waals surface area contributed by atoms with E-state index < -0.39 is 0 Å². The molecule has 0 unspecified atom stereocenters. The minimum absolute atomic E-state index is 0.232. The van der Waals surface area contributed by atoms with Crippen LogP contribution in [0.3, 0.4) is 0 Å². The van der Waals surface area contributed by atoms with Crippen molar-refractivity contribution in [2.75, 3.05) is 0 Å². The fraction of sp³-hybridized carbons (Fsp3) is 0.417. The average Bonchev–Trinajstić information content (AvgIpc) is 2.15. The predicted molar refractivity (Wildman–Crippen MR) is 63.5 cm³/mol. The maximum atomic E-state index is 11.8. The van der Waals surface area contributed by atoms with Gasteiger partial charge in [-0.05, 0) is 37.1 Å². The summed E-state index contributed by atoms with van der Waals surface area (Å²) >= 11 is 3.43. The molecule has 1 amide bonds. The van der Waals surface area contributed by atoms with Crippen molar-refractivity contribution in [2.45, 2.75) is 32.9 Å². The van der Waals surface area contributed by atoms with Gasteiger partial charge in [-0.15, -0.1) is 0 Å². The topological polar surface area (TPSA) is 20.3 Å². The molecule has 1 heterocycles. The summed E-state index contributed by atoms with van der Waals surface area (Å²) in [6.45, 7) is 4.86. The quantitative estimate of drug-likeness (QED) is 0.767. The van der Waals surface area contributed by atoms with Gasteiger partial charge in [0, 0.05) is 17.1 Å². The van der Waals surface area contributed by atoms with Crippen molar-refractivity contribution in [3.8, 4) is 0 Å². The van der Waals surface area contributed by atoms with Crippen LogP contribution in [-0.4, -0.2) is 16.8 Å². The van der Waals surface area contributed by atoms with Crippen LogP contribution in [0.4, 0.5) is 0 Å². The normalized spacial score (nSPS) is 15.7. The first-order chi connectivity index (χ1) is 7.08. The van der Waals surface area contributed by atoms with Crippen molar-refractivity contribution >= 4 is 21.8 Å². The number of halogens is 1. The van der Waals surface area contributed by atoms with Gasteiger partial charge in [0.1, 0.15) is 0 Å². The highest BCUT2D eigenvalue weighted by Crippen LogP contribution is 2.24. The number of nitrogens with zero attached hydrogens (tertiary/aromatic N) is 1. The number of rotatable bonds is 1. The molecular formula is C12H14BrNO. The van der Waals surface area contributed by atoms with E-state index in [0.717, 1.165) is 16.6 Å². The molecule has 1 aliphatic rings. The van der Waals surface area contributed by atoms with Crippen LogP contribution in [0.25, 0.3) is 0 Å². The van der Waals surface area contributed by atoms with E-state index in [-0.39, 0.29) is 11.9 Å². The van der Waals surface area contributed by atoms with Crippen LogP contribution in [-0.2, 0) is 17.8 Å². The summed E-state index contributed by atoms with van der Waals surface area (Å²) in [6, 6.07) is 6.47. The fourth-order valence-electron chi connectivity index (χ4n) is 1.92. The van der Waals surface area contributed by atoms with Crippen molar-refractivity contribution in [1.82, 2.24) is 4.90 Å². The van der Waals surface area contributed by atoms with Gasteiger partial charge in [-0.25, -0.2) is 0 Å². The van der Waals surface area contributed by atoms with E-state index in [9.17, 15) is 4.79 Å². The molecule has 80 valence electrons. The summed E-state index contributed by atoms with van der Waals surface area (Å²) in [7, 11) is 0. The van der Waals surface area contributed by atoms with Gasteiger partial charge in [-0.2, -0.15) is 0 Å². The van der Waals surface area contributed by atoms with Crippen LogP contribution in [0.1, 0.15) is 25.0 Å². The Morgan fingerprint density at radius 3 is 2.73 bits per heavy atom. The van der Waals surface area contributed by atoms with Gasteiger partial charge < -0.3 is 4.90 Å². The molecule has 0 N–H and O–H groups in total. The minimum atomic E-state index is 0.232. The lowest BCUT2D eigenvalue weighted by Crippen LogP contribution is -2.40. The Kier molecular flexibility index (Phi) is 2.83. The van der Waals surface area contributed by atoms with E-state index in [4.69, 9.17) is 0 Å². The van der Waals surface area contributed by atoms with E-state index in [1.54, 1.807) is 0 Å². The molecule has 0 atom stereocenters. The molecule has 0 aromatic heterocycles. The van der Waals surface area contributed by atoms with Crippen LogP contribution >= 0.6 is 15.9 Å². The van der Waals surface area contributed by atoms with E-state index in [1.807, 2.05) is 17.0 Å². The third-order valence-corrected chi connectivity index (χ3v) is 3.29. The summed E-state index contributed by atoms with van der Waals surface area (Å²) in [6.07, 6.45) is 0.535. The zero-order valence-corrected chi connectivity index (χ0v) is 10.5. The Morgan fingerprint density at radius 2 is 2.07 bits per heavy atom. The molecule has 2 rings (SSSR count). The highest BCUT2D eigenvalue weighted by atomic mass is 79.9. The highest BCUT2D eigenvalue weighted by Gasteiger charge is 2.24. The molecule has 0 aliphatic carbocycles. The van der Waals surface area contributed by atoms with Crippen LogP contribution in [0.15, 0.2) is 22.7 Å². The number of benzene rings is 1. The second-order valence-electron chi connectivity index (χ2n) is 4.21. The molecule has 0 radical (unpaired) electrons. The molecule has 1 aliphatic heterocycles. The summed E-state index contributed by atoms with van der Waals surface area (Å²) in [5.41, 5.74) is 2.43. The smallest absolute Gasteiger partial charge is 0.227 e. The zero-order chi connectivity index (χ0) is 11.0. The summed E-state index contributed by atoms with van der Waals surface area (Å²) < 4.78 is 1.05. The largest absolute Gasteiger partial charge is 0.336 e. The van der Waals surface area contributed by atoms with Crippen LogP contribution in [0, 0.1) is 0 Å². The van der Waals surface area contributed by atoms with Gasteiger partial charge in [0.05, 0.1) is 6.42 Å². The number of carbonyl (C=O) groups excluding carboxylic acids is 1. The highest BCUT2D eigenvalue weighted by molar-refractivity contribution is 9.10. The Labute approximate surface area is 98.4 Å². The first kappa shape index (κ1) is 10.7. The van der Waals surface area contributed by atoms with Crippen LogP contribution in [0.2, 0.25) is 0 Å². The number of fused-ring (bicyclic) bond motifs is 1. The molecule has 0 bridgehead atoms. The number of hydrogen-bond donors (Lipinski definition) is 0. The Balaban J connectivity index is 2.34. The molecule has 2 nitrogen and oxygen atoms in total. The Hall–Kier alpha value is -0.830. The van der Waals surface area contributed by atoms with Gasteiger partial charge in [0.15, 0.2) is 0 Å². The predicted octanol–water partition coefficient (Wildman–Crippen LogP) is 2.74. The maximum absolute atomic E-state index is 11.8. The van der Waals surface area contributed by atoms with Crippen molar-refractivity contribution in [1.29, 1.82) is 0 Å². The second kappa shape index (κ2) is 3.97. The van der Waals surface area contributed by atoms with E-state index >= 15 is 0 Å². The monoisotopic (exact) mass is 267 g/mol. The SMILES string of the molecule is CC(C)N1Cc2ccc(Br)cc2CC1=O. The first-order valence-electron chi connectivity index (χ1n) is 5.14. The van der Waals surface area contributed by atoms with Gasteiger partial charge >= 0.3 is 0 Å². The van der Waals surface area contributed by atoms with Crippen molar-refractivity contribution < 1.29 is 4.79 Å². The van der Waals surface area contributed by atoms with Gasteiger partial charge in [0.2, 0.25) is 5.91 Å². The molecule has 15 heavy (non-hydrogen) atoms.